The Bertz CT molecular complexity index is 559. The van der Waals surface area contributed by atoms with Crippen LogP contribution in [-0.4, -0.2) is 44.1 Å². The molecule has 0 aliphatic carbocycles. The molecule has 0 aromatic heterocycles. The third-order valence-electron chi connectivity index (χ3n) is 3.31. The van der Waals surface area contributed by atoms with E-state index >= 15 is 0 Å². The molecule has 1 fully saturated rings. The number of nitrogen functional groups attached to an aromatic ring is 1. The van der Waals surface area contributed by atoms with Gasteiger partial charge in [-0.1, -0.05) is 0 Å². The van der Waals surface area contributed by atoms with Crippen LogP contribution in [0.15, 0.2) is 23.1 Å². The molecule has 0 radical (unpaired) electrons. The molecule has 1 heterocycles. The van der Waals surface area contributed by atoms with Gasteiger partial charge in [-0.05, 0) is 31.0 Å². The van der Waals surface area contributed by atoms with Crippen molar-refractivity contribution in [3.63, 3.8) is 0 Å². The third-order valence-corrected chi connectivity index (χ3v) is 5.28. The maximum Gasteiger partial charge on any atom is 0.247 e. The number of benzene rings is 1. The summed E-state index contributed by atoms with van der Waals surface area (Å²) in [5.74, 6) is 0.262. The number of aliphatic hydroxyl groups excluding tert-OH is 1. The van der Waals surface area contributed by atoms with Crippen LogP contribution in [0.5, 0.6) is 5.75 Å². The van der Waals surface area contributed by atoms with Crippen LogP contribution in [0.25, 0.3) is 0 Å². The number of hydrogen-bond acceptors (Lipinski definition) is 5. The van der Waals surface area contributed by atoms with Crippen molar-refractivity contribution >= 4 is 15.7 Å². The predicted molar refractivity (Wildman–Crippen MR) is 71.4 cm³/mol. The van der Waals surface area contributed by atoms with Crippen LogP contribution in [0.2, 0.25) is 0 Å². The SMILES string of the molecule is COc1ccc(N)cc1S(=O)(=O)N1CCCC1CO. The van der Waals surface area contributed by atoms with Crippen molar-refractivity contribution in [3.8, 4) is 5.75 Å². The van der Waals surface area contributed by atoms with Gasteiger partial charge in [-0.2, -0.15) is 4.31 Å². The van der Waals surface area contributed by atoms with Gasteiger partial charge < -0.3 is 15.6 Å². The summed E-state index contributed by atoms with van der Waals surface area (Å²) < 4.78 is 31.6. The minimum atomic E-state index is -3.70. The number of aliphatic hydroxyl groups is 1. The first kappa shape index (κ1) is 14.1. The lowest BCUT2D eigenvalue weighted by atomic mass is 10.2. The minimum Gasteiger partial charge on any atom is -0.495 e. The van der Waals surface area contributed by atoms with Crippen LogP contribution in [0.1, 0.15) is 12.8 Å². The molecule has 7 heteroatoms. The lowest BCUT2D eigenvalue weighted by Gasteiger charge is -2.23. The van der Waals surface area contributed by atoms with E-state index in [0.717, 1.165) is 6.42 Å². The molecule has 2 rings (SSSR count). The number of sulfonamides is 1. The Morgan fingerprint density at radius 2 is 2.26 bits per heavy atom. The molecule has 0 saturated carbocycles. The highest BCUT2D eigenvalue weighted by atomic mass is 32.2. The molecule has 1 atom stereocenters. The average Bonchev–Trinajstić information content (AvgIpc) is 2.87. The minimum absolute atomic E-state index is 0.0513. The van der Waals surface area contributed by atoms with Gasteiger partial charge in [0.2, 0.25) is 10.0 Å². The molecule has 1 saturated heterocycles. The first-order valence-corrected chi connectivity index (χ1v) is 7.51. The number of nitrogens with zero attached hydrogens (tertiary/aromatic N) is 1. The maximum atomic E-state index is 12.6. The van der Waals surface area contributed by atoms with E-state index in [2.05, 4.69) is 0 Å². The summed E-state index contributed by atoms with van der Waals surface area (Å²) in [5, 5.41) is 9.27. The van der Waals surface area contributed by atoms with E-state index in [0.29, 0.717) is 18.7 Å². The van der Waals surface area contributed by atoms with E-state index in [9.17, 15) is 13.5 Å². The lowest BCUT2D eigenvalue weighted by molar-refractivity contribution is 0.213. The van der Waals surface area contributed by atoms with Gasteiger partial charge in [0.1, 0.15) is 10.6 Å². The van der Waals surface area contributed by atoms with Gasteiger partial charge in [-0.25, -0.2) is 8.42 Å². The molecule has 1 aliphatic rings. The summed E-state index contributed by atoms with van der Waals surface area (Å²) in [7, 11) is -2.28. The molecule has 0 amide bonds. The van der Waals surface area contributed by atoms with Crippen molar-refractivity contribution in [2.24, 2.45) is 0 Å². The van der Waals surface area contributed by atoms with E-state index < -0.39 is 10.0 Å². The summed E-state index contributed by atoms with van der Waals surface area (Å²) in [4.78, 5) is 0.0513. The highest BCUT2D eigenvalue weighted by Gasteiger charge is 2.36. The second kappa shape index (κ2) is 5.36. The average molecular weight is 286 g/mol. The maximum absolute atomic E-state index is 12.6. The number of rotatable bonds is 4. The molecule has 1 aromatic rings. The molecule has 106 valence electrons. The fourth-order valence-corrected chi connectivity index (χ4v) is 4.21. The van der Waals surface area contributed by atoms with Gasteiger partial charge in [-0.3, -0.25) is 0 Å². The number of methoxy groups -OCH3 is 1. The fraction of sp³-hybridized carbons (Fsp3) is 0.500. The standard InChI is InChI=1S/C12H18N2O4S/c1-18-11-5-4-9(13)7-12(11)19(16,17)14-6-2-3-10(14)8-15/h4-5,7,10,15H,2-3,6,8,13H2,1H3. The van der Waals surface area contributed by atoms with Crippen LogP contribution in [-0.2, 0) is 10.0 Å². The molecule has 1 unspecified atom stereocenters. The molecular formula is C12H18N2O4S. The van der Waals surface area contributed by atoms with Crippen molar-refractivity contribution in [2.75, 3.05) is 26.0 Å². The molecule has 0 bridgehead atoms. The summed E-state index contributed by atoms with van der Waals surface area (Å²) >= 11 is 0. The third kappa shape index (κ3) is 2.54. The van der Waals surface area contributed by atoms with Crippen LogP contribution in [0, 0.1) is 0 Å². The Balaban J connectivity index is 2.47. The van der Waals surface area contributed by atoms with Crippen molar-refractivity contribution in [3.05, 3.63) is 18.2 Å². The van der Waals surface area contributed by atoms with Crippen molar-refractivity contribution < 1.29 is 18.3 Å². The summed E-state index contributed by atoms with van der Waals surface area (Å²) in [6, 6.07) is 4.15. The normalized spacial score (nSPS) is 20.6. The van der Waals surface area contributed by atoms with E-state index in [1.165, 1.54) is 23.5 Å². The van der Waals surface area contributed by atoms with Gasteiger partial charge in [0.15, 0.2) is 0 Å². The fourth-order valence-electron chi connectivity index (χ4n) is 2.33. The number of ether oxygens (including phenoxy) is 1. The van der Waals surface area contributed by atoms with Crippen molar-refractivity contribution in [2.45, 2.75) is 23.8 Å². The van der Waals surface area contributed by atoms with Crippen molar-refractivity contribution in [1.29, 1.82) is 0 Å². The second-order valence-corrected chi connectivity index (χ2v) is 6.36. The molecule has 1 aromatic carbocycles. The first-order chi connectivity index (χ1) is 9.00. The van der Waals surface area contributed by atoms with E-state index in [-0.39, 0.29) is 23.3 Å². The highest BCUT2D eigenvalue weighted by Crippen LogP contribution is 2.32. The number of anilines is 1. The molecule has 3 N–H and O–H groups in total. The van der Waals surface area contributed by atoms with Crippen LogP contribution in [0.4, 0.5) is 5.69 Å². The topological polar surface area (TPSA) is 92.9 Å². The van der Waals surface area contributed by atoms with E-state index in [1.54, 1.807) is 6.07 Å². The van der Waals surface area contributed by atoms with Crippen LogP contribution < -0.4 is 10.5 Å². The largest absolute Gasteiger partial charge is 0.495 e. The Labute approximate surface area is 112 Å². The molecule has 0 spiro atoms. The number of nitrogens with two attached hydrogens (primary N) is 1. The zero-order chi connectivity index (χ0) is 14.0. The lowest BCUT2D eigenvalue weighted by Crippen LogP contribution is -2.37. The Hall–Kier alpha value is -1.31. The second-order valence-electron chi connectivity index (χ2n) is 4.50. The van der Waals surface area contributed by atoms with Gasteiger partial charge in [0.05, 0.1) is 13.7 Å². The van der Waals surface area contributed by atoms with Crippen LogP contribution >= 0.6 is 0 Å². The van der Waals surface area contributed by atoms with Gasteiger partial charge in [-0.15, -0.1) is 0 Å². The monoisotopic (exact) mass is 286 g/mol. The zero-order valence-corrected chi connectivity index (χ0v) is 11.6. The predicted octanol–water partition coefficient (Wildman–Crippen LogP) is 0.423. The highest BCUT2D eigenvalue weighted by molar-refractivity contribution is 7.89. The van der Waals surface area contributed by atoms with Crippen LogP contribution in [0.3, 0.4) is 0 Å². The Kier molecular flexibility index (Phi) is 3.98. The smallest absolute Gasteiger partial charge is 0.247 e. The van der Waals surface area contributed by atoms with Gasteiger partial charge >= 0.3 is 0 Å². The molecule has 6 nitrogen and oxygen atoms in total. The number of hydrogen-bond donors (Lipinski definition) is 2. The van der Waals surface area contributed by atoms with Gasteiger partial charge in [0, 0.05) is 18.3 Å². The van der Waals surface area contributed by atoms with Gasteiger partial charge in [0.25, 0.3) is 0 Å². The summed E-state index contributed by atoms with van der Waals surface area (Å²) in [5.41, 5.74) is 6.02. The molecule has 1 aliphatic heterocycles. The van der Waals surface area contributed by atoms with E-state index in [4.69, 9.17) is 10.5 Å². The Morgan fingerprint density at radius 3 is 2.89 bits per heavy atom. The Morgan fingerprint density at radius 1 is 1.53 bits per heavy atom. The van der Waals surface area contributed by atoms with Crippen molar-refractivity contribution in [1.82, 2.24) is 4.31 Å². The first-order valence-electron chi connectivity index (χ1n) is 6.07. The summed E-state index contributed by atoms with van der Waals surface area (Å²) in [6.45, 7) is 0.232. The quantitative estimate of drug-likeness (QED) is 0.783. The molecule has 19 heavy (non-hydrogen) atoms. The molecular weight excluding hydrogens is 268 g/mol. The summed E-state index contributed by atoms with van der Waals surface area (Å²) in [6.07, 6.45) is 1.41. The van der Waals surface area contributed by atoms with E-state index in [1.807, 2.05) is 0 Å². The zero-order valence-electron chi connectivity index (χ0n) is 10.7.